The van der Waals surface area contributed by atoms with E-state index in [1.807, 2.05) is 0 Å². The molecule has 0 aromatic heterocycles. The van der Waals surface area contributed by atoms with Crippen molar-refractivity contribution in [1.82, 2.24) is 4.90 Å². The van der Waals surface area contributed by atoms with Gasteiger partial charge < -0.3 is 10.0 Å². The van der Waals surface area contributed by atoms with E-state index in [4.69, 9.17) is 5.11 Å². The van der Waals surface area contributed by atoms with Gasteiger partial charge in [0.2, 0.25) is 0 Å². The first-order chi connectivity index (χ1) is 8.82. The molecule has 0 aliphatic heterocycles. The summed E-state index contributed by atoms with van der Waals surface area (Å²) in [6.07, 6.45) is 0.0908. The molecular weight excluding hydrogens is 263 g/mol. The van der Waals surface area contributed by atoms with Crippen molar-refractivity contribution in [2.24, 2.45) is 0 Å². The smallest absolute Gasteiger partial charge is 0.303 e. The summed E-state index contributed by atoms with van der Waals surface area (Å²) in [7, 11) is 1.36. The molecular formula is C12H12F3NO3. The molecule has 1 aromatic carbocycles. The summed E-state index contributed by atoms with van der Waals surface area (Å²) in [4.78, 5) is 23.2. The van der Waals surface area contributed by atoms with Gasteiger partial charge in [-0.25, -0.2) is 13.2 Å². The van der Waals surface area contributed by atoms with Crippen LogP contribution >= 0.6 is 0 Å². The number of hydrogen-bond donors (Lipinski definition) is 1. The molecule has 1 N–H and O–H groups in total. The lowest BCUT2D eigenvalue weighted by molar-refractivity contribution is -0.137. The largest absolute Gasteiger partial charge is 0.481 e. The monoisotopic (exact) mass is 275 g/mol. The Balaban J connectivity index is 2.74. The number of carboxylic acid groups (broad SMARTS) is 1. The average Bonchev–Trinajstić information content (AvgIpc) is 2.33. The van der Waals surface area contributed by atoms with Gasteiger partial charge >= 0.3 is 5.97 Å². The number of amides is 1. The molecule has 0 atom stereocenters. The third-order valence-electron chi connectivity index (χ3n) is 2.46. The van der Waals surface area contributed by atoms with Gasteiger partial charge in [0.05, 0.1) is 0 Å². The lowest BCUT2D eigenvalue weighted by Gasteiger charge is -2.16. The molecule has 0 saturated carbocycles. The van der Waals surface area contributed by atoms with E-state index in [9.17, 15) is 22.8 Å². The van der Waals surface area contributed by atoms with Crippen LogP contribution in [0, 0.1) is 17.5 Å². The lowest BCUT2D eigenvalue weighted by Crippen LogP contribution is -2.28. The number of carbonyl (C=O) groups excluding carboxylic acids is 1. The molecule has 0 spiro atoms. The Kier molecular flexibility index (Phi) is 4.91. The highest BCUT2D eigenvalue weighted by Gasteiger charge is 2.17. The quantitative estimate of drug-likeness (QED) is 0.837. The van der Waals surface area contributed by atoms with Crippen LogP contribution in [0.2, 0.25) is 0 Å². The second-order valence-corrected chi connectivity index (χ2v) is 3.98. The summed E-state index contributed by atoms with van der Waals surface area (Å²) in [5.74, 6) is -6.22. The molecule has 0 aliphatic carbocycles. The van der Waals surface area contributed by atoms with Gasteiger partial charge in [0.15, 0.2) is 17.5 Å². The topological polar surface area (TPSA) is 57.6 Å². The second-order valence-electron chi connectivity index (χ2n) is 3.98. The summed E-state index contributed by atoms with van der Waals surface area (Å²) in [5, 5.41) is 8.44. The Hall–Kier alpha value is -2.05. The third kappa shape index (κ3) is 3.97. The first-order valence-corrected chi connectivity index (χ1v) is 5.44. The van der Waals surface area contributed by atoms with Gasteiger partial charge in [0.25, 0.3) is 5.91 Å². The molecule has 0 bridgehead atoms. The molecule has 1 aromatic rings. The molecule has 1 rings (SSSR count). The Morgan fingerprint density at radius 3 is 2.21 bits per heavy atom. The van der Waals surface area contributed by atoms with E-state index in [0.29, 0.717) is 12.1 Å². The van der Waals surface area contributed by atoms with E-state index < -0.39 is 29.3 Å². The molecule has 4 nitrogen and oxygen atoms in total. The van der Waals surface area contributed by atoms with Gasteiger partial charge in [-0.05, 0) is 18.6 Å². The molecule has 0 fully saturated rings. The first-order valence-electron chi connectivity index (χ1n) is 5.44. The van der Waals surface area contributed by atoms with Crippen molar-refractivity contribution in [1.29, 1.82) is 0 Å². The molecule has 0 unspecified atom stereocenters. The second kappa shape index (κ2) is 6.21. The zero-order valence-corrected chi connectivity index (χ0v) is 10.1. The SMILES string of the molecule is CN(CCCC(=O)O)C(=O)c1cc(F)c(F)c(F)c1. The van der Waals surface area contributed by atoms with E-state index in [0.717, 1.165) is 4.90 Å². The number of carboxylic acids is 1. The summed E-state index contributed by atoms with van der Waals surface area (Å²) in [5.41, 5.74) is -0.325. The van der Waals surface area contributed by atoms with Gasteiger partial charge in [0.1, 0.15) is 0 Å². The van der Waals surface area contributed by atoms with Crippen LogP contribution < -0.4 is 0 Å². The van der Waals surface area contributed by atoms with Crippen LogP contribution in [-0.4, -0.2) is 35.5 Å². The minimum absolute atomic E-state index is 0.117. The van der Waals surface area contributed by atoms with Crippen molar-refractivity contribution in [3.8, 4) is 0 Å². The van der Waals surface area contributed by atoms with Crippen molar-refractivity contribution >= 4 is 11.9 Å². The fourth-order valence-electron chi connectivity index (χ4n) is 1.47. The van der Waals surface area contributed by atoms with Crippen molar-refractivity contribution in [3.63, 3.8) is 0 Å². The van der Waals surface area contributed by atoms with Crippen molar-refractivity contribution < 1.29 is 27.9 Å². The van der Waals surface area contributed by atoms with Crippen molar-refractivity contribution in [2.75, 3.05) is 13.6 Å². The molecule has 7 heteroatoms. The van der Waals surface area contributed by atoms with E-state index in [1.54, 1.807) is 0 Å². The Labute approximate surface area is 107 Å². The Bertz CT molecular complexity index is 482. The van der Waals surface area contributed by atoms with Gasteiger partial charge in [-0.2, -0.15) is 0 Å². The van der Waals surface area contributed by atoms with Gasteiger partial charge in [-0.3, -0.25) is 9.59 Å². The molecule has 0 radical (unpaired) electrons. The third-order valence-corrected chi connectivity index (χ3v) is 2.46. The number of nitrogens with zero attached hydrogens (tertiary/aromatic N) is 1. The maximum Gasteiger partial charge on any atom is 0.303 e. The fraction of sp³-hybridized carbons (Fsp3) is 0.333. The predicted molar refractivity (Wildman–Crippen MR) is 60.1 cm³/mol. The lowest BCUT2D eigenvalue weighted by atomic mass is 10.1. The van der Waals surface area contributed by atoms with Gasteiger partial charge in [0, 0.05) is 25.6 Å². The van der Waals surface area contributed by atoms with Crippen molar-refractivity contribution in [3.05, 3.63) is 35.1 Å². The van der Waals surface area contributed by atoms with E-state index >= 15 is 0 Å². The normalized spacial score (nSPS) is 10.3. The standard InChI is InChI=1S/C12H12F3NO3/c1-16(4-2-3-10(17)18)12(19)7-5-8(13)11(15)9(14)6-7/h5-6H,2-4H2,1H3,(H,17,18). The van der Waals surface area contributed by atoms with E-state index in [1.165, 1.54) is 7.05 Å². The summed E-state index contributed by atoms with van der Waals surface area (Å²) < 4.78 is 38.6. The highest BCUT2D eigenvalue weighted by Crippen LogP contribution is 2.15. The van der Waals surface area contributed by atoms with Crippen LogP contribution in [-0.2, 0) is 4.79 Å². The predicted octanol–water partition coefficient (Wildman–Crippen LogP) is 2.04. The first kappa shape index (κ1) is 15.0. The van der Waals surface area contributed by atoms with Crippen LogP contribution in [0.25, 0.3) is 0 Å². The highest BCUT2D eigenvalue weighted by atomic mass is 19.2. The van der Waals surface area contributed by atoms with Crippen molar-refractivity contribution in [2.45, 2.75) is 12.8 Å². The number of carbonyl (C=O) groups is 2. The maximum atomic E-state index is 13.0. The summed E-state index contributed by atoms with van der Waals surface area (Å²) in [6.45, 7) is 0.117. The zero-order chi connectivity index (χ0) is 14.6. The number of rotatable bonds is 5. The van der Waals surface area contributed by atoms with Gasteiger partial charge in [-0.15, -0.1) is 0 Å². The van der Waals surface area contributed by atoms with Gasteiger partial charge in [-0.1, -0.05) is 0 Å². The molecule has 0 aliphatic rings. The van der Waals surface area contributed by atoms with Crippen LogP contribution in [0.15, 0.2) is 12.1 Å². The zero-order valence-electron chi connectivity index (χ0n) is 10.1. The number of halogens is 3. The van der Waals surface area contributed by atoms with Crippen LogP contribution in [0.1, 0.15) is 23.2 Å². The summed E-state index contributed by atoms with van der Waals surface area (Å²) in [6, 6.07) is 1.21. The number of benzene rings is 1. The Morgan fingerprint density at radius 1 is 1.21 bits per heavy atom. The minimum atomic E-state index is -1.63. The minimum Gasteiger partial charge on any atom is -0.481 e. The van der Waals surface area contributed by atoms with E-state index in [-0.39, 0.29) is 24.9 Å². The molecule has 19 heavy (non-hydrogen) atoms. The van der Waals surface area contributed by atoms with E-state index in [2.05, 4.69) is 0 Å². The average molecular weight is 275 g/mol. The molecule has 0 saturated heterocycles. The highest BCUT2D eigenvalue weighted by molar-refractivity contribution is 5.94. The summed E-state index contributed by atoms with van der Waals surface area (Å²) >= 11 is 0. The maximum absolute atomic E-state index is 13.0. The number of aliphatic carboxylic acids is 1. The Morgan fingerprint density at radius 2 is 1.74 bits per heavy atom. The molecule has 104 valence electrons. The van der Waals surface area contributed by atoms with Crippen LogP contribution in [0.3, 0.4) is 0 Å². The van der Waals surface area contributed by atoms with Crippen LogP contribution in [0.5, 0.6) is 0 Å². The fourth-order valence-corrected chi connectivity index (χ4v) is 1.47. The molecule has 1 amide bonds. The number of hydrogen-bond acceptors (Lipinski definition) is 2. The molecule has 0 heterocycles. The van der Waals surface area contributed by atoms with Crippen LogP contribution in [0.4, 0.5) is 13.2 Å².